The van der Waals surface area contributed by atoms with Crippen LogP contribution in [0.2, 0.25) is 0 Å². The van der Waals surface area contributed by atoms with Crippen molar-refractivity contribution < 1.29 is 4.79 Å². The van der Waals surface area contributed by atoms with Gasteiger partial charge in [0.25, 0.3) is 5.91 Å². The lowest BCUT2D eigenvalue weighted by Gasteiger charge is -2.41. The van der Waals surface area contributed by atoms with Crippen LogP contribution in [0.4, 0.5) is 0 Å². The number of amides is 1. The third-order valence-electron chi connectivity index (χ3n) is 6.68. The number of unbranched alkanes of at least 4 members (excludes halogenated alkanes) is 1. The number of hydrogen-bond acceptors (Lipinski definition) is 5. The molecule has 176 valence electrons. The molecule has 2 heterocycles. The molecule has 3 aliphatic rings. The van der Waals surface area contributed by atoms with Gasteiger partial charge in [-0.3, -0.25) is 15.1 Å². The average Bonchev–Trinajstić information content (AvgIpc) is 2.78. The van der Waals surface area contributed by atoms with Crippen LogP contribution in [-0.4, -0.2) is 28.0 Å². The Labute approximate surface area is 201 Å². The SMILES string of the molecule is CCCCSC1=NN2C(=c3ccccc3=N[C@@H]2[C@H]2CC=C(CCC=C(C)C)C[C@@H]2C)C(=O)N1. The Morgan fingerprint density at radius 1 is 1.30 bits per heavy atom. The summed E-state index contributed by atoms with van der Waals surface area (Å²) in [6, 6.07) is 7.96. The van der Waals surface area contributed by atoms with Crippen molar-refractivity contribution in [1.29, 1.82) is 0 Å². The van der Waals surface area contributed by atoms with E-state index in [1.165, 1.54) is 5.57 Å². The molecule has 0 saturated carbocycles. The Bertz CT molecular complexity index is 1100. The molecule has 1 amide bonds. The second-order valence-corrected chi connectivity index (χ2v) is 10.7. The van der Waals surface area contributed by atoms with Crippen LogP contribution >= 0.6 is 11.8 Å². The van der Waals surface area contributed by atoms with E-state index in [9.17, 15) is 4.79 Å². The number of nitrogens with one attached hydrogen (secondary N) is 1. The summed E-state index contributed by atoms with van der Waals surface area (Å²) in [5, 5.41) is 12.3. The molecule has 5 nitrogen and oxygen atoms in total. The van der Waals surface area contributed by atoms with E-state index in [1.54, 1.807) is 17.3 Å². The molecule has 1 aliphatic carbocycles. The van der Waals surface area contributed by atoms with Gasteiger partial charge < -0.3 is 0 Å². The minimum atomic E-state index is -0.159. The van der Waals surface area contributed by atoms with Crippen molar-refractivity contribution in [3.63, 3.8) is 0 Å². The van der Waals surface area contributed by atoms with Gasteiger partial charge in [-0.25, -0.2) is 5.01 Å². The highest BCUT2D eigenvalue weighted by molar-refractivity contribution is 8.13. The van der Waals surface area contributed by atoms with Gasteiger partial charge in [0.05, 0.1) is 5.36 Å². The molecular formula is C27H36N4OS. The molecule has 6 heteroatoms. The molecule has 0 spiro atoms. The quantitative estimate of drug-likeness (QED) is 0.470. The van der Waals surface area contributed by atoms with E-state index >= 15 is 0 Å². The Morgan fingerprint density at radius 3 is 2.88 bits per heavy atom. The summed E-state index contributed by atoms with van der Waals surface area (Å²) in [7, 11) is 0. The zero-order valence-corrected chi connectivity index (χ0v) is 21.1. The molecule has 0 bridgehead atoms. The summed E-state index contributed by atoms with van der Waals surface area (Å²) in [4.78, 5) is 18.4. The smallest absolute Gasteiger partial charge is 0.276 e. The lowest BCUT2D eigenvalue weighted by Crippen LogP contribution is -2.55. The molecule has 2 aliphatic heterocycles. The molecule has 0 saturated heterocycles. The third kappa shape index (κ3) is 5.43. The first-order chi connectivity index (χ1) is 16.0. The number of nitrogens with zero attached hydrogens (tertiary/aromatic N) is 3. The number of para-hydroxylation sites is 1. The lowest BCUT2D eigenvalue weighted by molar-refractivity contribution is -0.116. The maximum atomic E-state index is 13.2. The van der Waals surface area contributed by atoms with Crippen LogP contribution in [0.25, 0.3) is 5.70 Å². The van der Waals surface area contributed by atoms with Crippen molar-refractivity contribution in [2.75, 3.05) is 5.75 Å². The van der Waals surface area contributed by atoms with Crippen molar-refractivity contribution in [3.8, 4) is 0 Å². The number of carbonyl (C=O) groups excluding carboxylic acids is 1. The maximum absolute atomic E-state index is 13.2. The molecule has 0 fully saturated rings. The number of thioether (sulfide) groups is 1. The maximum Gasteiger partial charge on any atom is 0.276 e. The van der Waals surface area contributed by atoms with E-state index in [1.807, 2.05) is 29.3 Å². The van der Waals surface area contributed by atoms with Gasteiger partial charge in [-0.2, -0.15) is 0 Å². The number of benzene rings is 1. The molecule has 0 aromatic heterocycles. The van der Waals surface area contributed by atoms with Gasteiger partial charge in [-0.05, 0) is 57.9 Å². The minimum absolute atomic E-state index is 0.0715. The number of carbonyl (C=O) groups is 1. The van der Waals surface area contributed by atoms with Crippen LogP contribution in [0, 0.1) is 11.8 Å². The summed E-state index contributed by atoms with van der Waals surface area (Å²) in [6.07, 6.45) is 11.1. The molecule has 33 heavy (non-hydrogen) atoms. The molecule has 0 unspecified atom stereocenters. The summed E-state index contributed by atoms with van der Waals surface area (Å²) < 4.78 is 0. The molecule has 3 atom stereocenters. The van der Waals surface area contributed by atoms with Crippen molar-refractivity contribution in [3.05, 3.63) is 58.1 Å². The van der Waals surface area contributed by atoms with Crippen LogP contribution in [0.15, 0.2) is 57.7 Å². The van der Waals surface area contributed by atoms with E-state index in [2.05, 4.69) is 45.2 Å². The topological polar surface area (TPSA) is 57.1 Å². The molecular weight excluding hydrogens is 428 g/mol. The van der Waals surface area contributed by atoms with Gasteiger partial charge >= 0.3 is 0 Å². The highest BCUT2D eigenvalue weighted by Gasteiger charge is 2.40. The normalized spacial score (nSPS) is 24.1. The number of allylic oxidation sites excluding steroid dienone is 4. The van der Waals surface area contributed by atoms with Gasteiger partial charge in [0.1, 0.15) is 11.9 Å². The van der Waals surface area contributed by atoms with Crippen LogP contribution in [0.5, 0.6) is 0 Å². The second-order valence-electron chi connectivity index (χ2n) is 9.58. The highest BCUT2D eigenvalue weighted by Crippen LogP contribution is 2.38. The van der Waals surface area contributed by atoms with Crippen molar-refractivity contribution in [2.24, 2.45) is 21.9 Å². The van der Waals surface area contributed by atoms with E-state index in [-0.39, 0.29) is 12.1 Å². The number of rotatable bonds is 7. The fourth-order valence-corrected chi connectivity index (χ4v) is 5.80. The van der Waals surface area contributed by atoms with E-state index < -0.39 is 0 Å². The van der Waals surface area contributed by atoms with E-state index in [0.717, 1.165) is 54.9 Å². The van der Waals surface area contributed by atoms with Gasteiger partial charge in [0.2, 0.25) is 0 Å². The molecule has 1 aromatic carbocycles. The first-order valence-electron chi connectivity index (χ1n) is 12.3. The zero-order chi connectivity index (χ0) is 23.4. The van der Waals surface area contributed by atoms with Crippen molar-refractivity contribution in [2.45, 2.75) is 72.4 Å². The standard InChI is InChI=1S/C27H36N4OS/c1-5-6-16-33-27-29-26(32)24-22-12-7-8-13-23(22)28-25(31(24)30-27)21-15-14-20(17-19(21)4)11-9-10-18(2)3/h7-8,10,12-14,19,21,25H,5-6,9,11,15-17H2,1-4H3,(H,29,30,32)/t19-,21-,25-/m0/s1. The average molecular weight is 465 g/mol. The molecule has 1 N–H and O–H groups in total. The minimum Gasteiger partial charge on any atom is -0.298 e. The van der Waals surface area contributed by atoms with E-state index in [0.29, 0.717) is 22.7 Å². The number of fused-ring (bicyclic) bond motifs is 2. The summed E-state index contributed by atoms with van der Waals surface area (Å²) in [5.74, 6) is 1.68. The predicted octanol–water partition coefficient (Wildman–Crippen LogP) is 4.71. The molecule has 1 aromatic rings. The van der Waals surface area contributed by atoms with Crippen LogP contribution < -0.4 is 15.9 Å². The number of hydrazone groups is 1. The van der Waals surface area contributed by atoms with Gasteiger partial charge in [-0.15, -0.1) is 5.10 Å². The first-order valence-corrected chi connectivity index (χ1v) is 13.3. The zero-order valence-electron chi connectivity index (χ0n) is 20.3. The fourth-order valence-electron chi connectivity index (χ4n) is 4.86. The summed E-state index contributed by atoms with van der Waals surface area (Å²) in [5.41, 5.74) is 3.57. The van der Waals surface area contributed by atoms with Gasteiger partial charge in [-0.1, -0.05) is 73.5 Å². The van der Waals surface area contributed by atoms with E-state index in [4.69, 9.17) is 10.1 Å². The third-order valence-corrected chi connectivity index (χ3v) is 7.63. The monoisotopic (exact) mass is 464 g/mol. The Balaban J connectivity index is 1.64. The van der Waals surface area contributed by atoms with Crippen molar-refractivity contribution in [1.82, 2.24) is 10.3 Å². The first kappa shape index (κ1) is 23.8. The Hall–Kier alpha value is -2.34. The van der Waals surface area contributed by atoms with Crippen LogP contribution in [0.3, 0.4) is 0 Å². The van der Waals surface area contributed by atoms with Crippen LogP contribution in [0.1, 0.15) is 66.2 Å². The number of hydrogen-bond donors (Lipinski definition) is 1. The summed E-state index contributed by atoms with van der Waals surface area (Å²) >= 11 is 1.63. The number of amidine groups is 1. The van der Waals surface area contributed by atoms with Crippen molar-refractivity contribution >= 4 is 28.5 Å². The Morgan fingerprint density at radius 2 is 2.12 bits per heavy atom. The fraction of sp³-hybridized carbons (Fsp3) is 0.519. The van der Waals surface area contributed by atoms with Gasteiger partial charge in [0.15, 0.2) is 5.17 Å². The molecule has 4 rings (SSSR count). The van der Waals surface area contributed by atoms with Crippen LogP contribution in [-0.2, 0) is 4.79 Å². The highest BCUT2D eigenvalue weighted by atomic mass is 32.2. The predicted molar refractivity (Wildman–Crippen MR) is 138 cm³/mol. The molecule has 0 radical (unpaired) electrons. The summed E-state index contributed by atoms with van der Waals surface area (Å²) in [6.45, 7) is 8.83. The Kier molecular flexibility index (Phi) is 7.74. The lowest BCUT2D eigenvalue weighted by atomic mass is 9.77. The largest absolute Gasteiger partial charge is 0.298 e. The van der Waals surface area contributed by atoms with Gasteiger partial charge in [0, 0.05) is 16.9 Å². The second kappa shape index (κ2) is 10.7.